The lowest BCUT2D eigenvalue weighted by Crippen LogP contribution is -2.33. The number of fused-ring (bicyclic) bond motifs is 1. The van der Waals surface area contributed by atoms with E-state index in [4.69, 9.17) is 4.74 Å². The fourth-order valence-corrected chi connectivity index (χ4v) is 3.39. The molecule has 4 rings (SSSR count). The Morgan fingerprint density at radius 1 is 1.17 bits per heavy atom. The van der Waals surface area contributed by atoms with Gasteiger partial charge < -0.3 is 15.0 Å². The van der Waals surface area contributed by atoms with Crippen molar-refractivity contribution in [3.63, 3.8) is 0 Å². The quantitative estimate of drug-likeness (QED) is 0.717. The van der Waals surface area contributed by atoms with E-state index in [1.165, 1.54) is 4.90 Å². The summed E-state index contributed by atoms with van der Waals surface area (Å²) in [7, 11) is 3.37. The third kappa shape index (κ3) is 3.85. The molecule has 0 fully saturated rings. The van der Waals surface area contributed by atoms with Gasteiger partial charge in [0.15, 0.2) is 0 Å². The first kappa shape index (κ1) is 18.7. The van der Waals surface area contributed by atoms with Crippen molar-refractivity contribution >= 4 is 17.5 Å². The van der Waals surface area contributed by atoms with Crippen molar-refractivity contribution in [2.75, 3.05) is 26.0 Å². The molecule has 0 radical (unpaired) electrons. The molecule has 0 bridgehead atoms. The van der Waals surface area contributed by atoms with E-state index in [0.29, 0.717) is 24.3 Å². The predicted molar refractivity (Wildman–Crippen MR) is 110 cm³/mol. The van der Waals surface area contributed by atoms with Crippen LogP contribution in [0.3, 0.4) is 0 Å². The van der Waals surface area contributed by atoms with E-state index in [-0.39, 0.29) is 17.7 Å². The van der Waals surface area contributed by atoms with Crippen LogP contribution in [0.25, 0.3) is 11.1 Å². The van der Waals surface area contributed by atoms with Gasteiger partial charge in [0.1, 0.15) is 12.4 Å². The Morgan fingerprint density at radius 2 is 2.00 bits per heavy atom. The molecule has 1 atom stereocenters. The number of para-hydroxylation sites is 1. The van der Waals surface area contributed by atoms with Gasteiger partial charge in [-0.25, -0.2) is 0 Å². The Morgan fingerprint density at radius 3 is 2.76 bits per heavy atom. The van der Waals surface area contributed by atoms with Gasteiger partial charge in [-0.05, 0) is 35.7 Å². The molecule has 2 heterocycles. The summed E-state index contributed by atoms with van der Waals surface area (Å²) in [5.74, 6) is 0.157. The average molecular weight is 390 g/mol. The Balaban J connectivity index is 1.59. The smallest absolute Gasteiger partial charge is 0.255 e. The van der Waals surface area contributed by atoms with Gasteiger partial charge in [-0.15, -0.1) is 0 Å². The number of nitrogens with zero attached hydrogens (tertiary/aromatic N) is 2. The molecule has 1 unspecified atom stereocenters. The van der Waals surface area contributed by atoms with Gasteiger partial charge >= 0.3 is 0 Å². The van der Waals surface area contributed by atoms with Crippen LogP contribution in [0.5, 0.6) is 5.75 Å². The molecule has 0 aliphatic carbocycles. The number of rotatable bonds is 4. The maximum atomic E-state index is 12.9. The van der Waals surface area contributed by atoms with Crippen LogP contribution in [-0.2, 0) is 11.2 Å². The molecule has 2 N–H and O–H groups in total. The normalized spacial score (nSPS) is 15.2. The second kappa shape index (κ2) is 7.79. The molecule has 1 aromatic heterocycles. The molecule has 0 saturated heterocycles. The minimum Gasteiger partial charge on any atom is -0.492 e. The first-order chi connectivity index (χ1) is 14.0. The average Bonchev–Trinajstić information content (AvgIpc) is 3.28. The van der Waals surface area contributed by atoms with Crippen molar-refractivity contribution in [2.45, 2.75) is 6.42 Å². The van der Waals surface area contributed by atoms with Crippen LogP contribution in [0.2, 0.25) is 0 Å². The zero-order valence-electron chi connectivity index (χ0n) is 16.3. The van der Waals surface area contributed by atoms with E-state index >= 15 is 0 Å². The molecule has 1 aliphatic heterocycles. The second-order valence-corrected chi connectivity index (χ2v) is 7.26. The van der Waals surface area contributed by atoms with Crippen molar-refractivity contribution in [3.8, 4) is 16.9 Å². The molecule has 3 aromatic rings. The van der Waals surface area contributed by atoms with Crippen LogP contribution in [-0.4, -0.2) is 47.6 Å². The Kier molecular flexibility index (Phi) is 5.03. The number of carbonyl (C=O) groups excluding carboxylic acids is 2. The Hall–Kier alpha value is -3.61. The molecular weight excluding hydrogens is 368 g/mol. The monoisotopic (exact) mass is 390 g/mol. The largest absolute Gasteiger partial charge is 0.492 e. The van der Waals surface area contributed by atoms with Gasteiger partial charge in [0.05, 0.1) is 23.4 Å². The molecule has 148 valence electrons. The lowest BCUT2D eigenvalue weighted by atomic mass is 9.95. The van der Waals surface area contributed by atoms with Gasteiger partial charge in [-0.2, -0.15) is 5.10 Å². The van der Waals surface area contributed by atoms with E-state index in [1.54, 1.807) is 38.6 Å². The van der Waals surface area contributed by atoms with Crippen LogP contribution in [0, 0.1) is 5.92 Å². The van der Waals surface area contributed by atoms with E-state index in [0.717, 1.165) is 22.4 Å². The predicted octanol–water partition coefficient (Wildman–Crippen LogP) is 2.97. The summed E-state index contributed by atoms with van der Waals surface area (Å²) in [6.45, 7) is 0.312. The highest BCUT2D eigenvalue weighted by molar-refractivity contribution is 6.05. The summed E-state index contributed by atoms with van der Waals surface area (Å²) in [6, 6.07) is 13.1. The maximum absolute atomic E-state index is 12.9. The number of carbonyl (C=O) groups is 2. The fourth-order valence-electron chi connectivity index (χ4n) is 3.39. The van der Waals surface area contributed by atoms with Gasteiger partial charge in [-0.1, -0.05) is 24.3 Å². The van der Waals surface area contributed by atoms with Crippen molar-refractivity contribution < 1.29 is 14.3 Å². The second-order valence-electron chi connectivity index (χ2n) is 7.26. The standard InChI is InChI=1S/C22H22N4O3/c1-26(2)22(28)18-10-14(17-11-23-24-12-17)7-8-19(18)25-21(27)16-9-15-5-3-4-6-20(15)29-13-16/h3-8,10-12,16H,9,13H2,1-2H3,(H,23,24)(H,25,27). The number of aromatic amines is 1. The number of hydrogen-bond acceptors (Lipinski definition) is 4. The van der Waals surface area contributed by atoms with Crippen molar-refractivity contribution in [1.29, 1.82) is 0 Å². The van der Waals surface area contributed by atoms with Crippen LogP contribution in [0.4, 0.5) is 5.69 Å². The molecule has 7 nitrogen and oxygen atoms in total. The van der Waals surface area contributed by atoms with Gasteiger partial charge in [-0.3, -0.25) is 14.7 Å². The van der Waals surface area contributed by atoms with Gasteiger partial charge in [0.2, 0.25) is 5.91 Å². The minimum atomic E-state index is -0.319. The zero-order chi connectivity index (χ0) is 20.4. The lowest BCUT2D eigenvalue weighted by molar-refractivity contribution is -0.121. The highest BCUT2D eigenvalue weighted by Gasteiger charge is 2.27. The summed E-state index contributed by atoms with van der Waals surface area (Å²) in [5.41, 5.74) is 3.64. The molecule has 7 heteroatoms. The number of ether oxygens (including phenoxy) is 1. The minimum absolute atomic E-state index is 0.164. The molecule has 2 aromatic carbocycles. The van der Waals surface area contributed by atoms with Gasteiger partial charge in [0.25, 0.3) is 5.91 Å². The Bertz CT molecular complexity index is 1040. The number of nitrogens with one attached hydrogen (secondary N) is 2. The van der Waals surface area contributed by atoms with Crippen LogP contribution in [0.15, 0.2) is 54.9 Å². The summed E-state index contributed by atoms with van der Waals surface area (Å²) in [5, 5.41) is 9.65. The zero-order valence-corrected chi connectivity index (χ0v) is 16.3. The van der Waals surface area contributed by atoms with E-state index in [1.807, 2.05) is 30.3 Å². The molecule has 0 spiro atoms. The van der Waals surface area contributed by atoms with Crippen LogP contribution >= 0.6 is 0 Å². The first-order valence-electron chi connectivity index (χ1n) is 9.39. The number of hydrogen-bond donors (Lipinski definition) is 2. The number of aromatic nitrogens is 2. The van der Waals surface area contributed by atoms with Crippen molar-refractivity contribution in [3.05, 3.63) is 66.0 Å². The number of H-pyrrole nitrogens is 1. The van der Waals surface area contributed by atoms with Crippen LogP contribution in [0.1, 0.15) is 15.9 Å². The molecule has 1 aliphatic rings. The van der Waals surface area contributed by atoms with Gasteiger partial charge in [0, 0.05) is 25.9 Å². The summed E-state index contributed by atoms with van der Waals surface area (Å²) in [4.78, 5) is 27.1. The van der Waals surface area contributed by atoms with E-state index in [2.05, 4.69) is 15.5 Å². The van der Waals surface area contributed by atoms with Crippen molar-refractivity contribution in [2.24, 2.45) is 5.92 Å². The highest BCUT2D eigenvalue weighted by atomic mass is 16.5. The molecule has 2 amide bonds. The number of benzene rings is 2. The fraction of sp³-hybridized carbons (Fsp3) is 0.227. The number of anilines is 1. The van der Waals surface area contributed by atoms with Crippen molar-refractivity contribution in [1.82, 2.24) is 15.1 Å². The van der Waals surface area contributed by atoms with E-state index in [9.17, 15) is 9.59 Å². The maximum Gasteiger partial charge on any atom is 0.255 e. The highest BCUT2D eigenvalue weighted by Crippen LogP contribution is 2.29. The van der Waals surface area contributed by atoms with E-state index < -0.39 is 0 Å². The summed E-state index contributed by atoms with van der Waals surface area (Å²) >= 11 is 0. The molecule has 0 saturated carbocycles. The third-order valence-electron chi connectivity index (χ3n) is 5.00. The third-order valence-corrected chi connectivity index (χ3v) is 5.00. The lowest BCUT2D eigenvalue weighted by Gasteiger charge is -2.25. The summed E-state index contributed by atoms with van der Waals surface area (Å²) in [6.07, 6.45) is 4.05. The molecule has 29 heavy (non-hydrogen) atoms. The summed E-state index contributed by atoms with van der Waals surface area (Å²) < 4.78 is 5.73. The first-order valence-corrected chi connectivity index (χ1v) is 9.39. The molecular formula is C22H22N4O3. The van der Waals surface area contributed by atoms with Crippen LogP contribution < -0.4 is 10.1 Å². The number of amides is 2. The SMILES string of the molecule is CN(C)C(=O)c1cc(-c2cn[nH]c2)ccc1NC(=O)C1COc2ccccc2C1. The topological polar surface area (TPSA) is 87.3 Å². The Labute approximate surface area is 168 Å².